The Labute approximate surface area is 116 Å². The van der Waals surface area contributed by atoms with Crippen molar-refractivity contribution in [3.8, 4) is 16.9 Å². The van der Waals surface area contributed by atoms with E-state index in [0.717, 1.165) is 16.5 Å². The van der Waals surface area contributed by atoms with Gasteiger partial charge < -0.3 is 5.11 Å². The molecule has 0 aliphatic carbocycles. The van der Waals surface area contributed by atoms with Crippen molar-refractivity contribution in [1.29, 1.82) is 0 Å². The number of pyridine rings is 1. The molecule has 2 nitrogen and oxygen atoms in total. The number of aromatic hydroxyl groups is 1. The summed E-state index contributed by atoms with van der Waals surface area (Å²) in [5.41, 5.74) is 2.87. The van der Waals surface area contributed by atoms with Crippen molar-refractivity contribution >= 4 is 28.3 Å². The Balaban J connectivity index is 0.00000120. The minimum atomic E-state index is 0. The van der Waals surface area contributed by atoms with Crippen molar-refractivity contribution < 1.29 is 5.11 Å². The monoisotopic (exact) mass is 251 g/mol. The maximum Gasteiger partial charge on any atom is 0.187 e. The van der Waals surface area contributed by atoms with Gasteiger partial charge in [0.1, 0.15) is 11.3 Å². The van der Waals surface area contributed by atoms with Gasteiger partial charge in [0.2, 0.25) is 0 Å². The van der Waals surface area contributed by atoms with Gasteiger partial charge in [0.05, 0.1) is 0 Å². The van der Waals surface area contributed by atoms with Crippen molar-refractivity contribution in [1.82, 2.24) is 4.98 Å². The lowest BCUT2D eigenvalue weighted by atomic mass is 10.0. The van der Waals surface area contributed by atoms with Crippen LogP contribution in [0, 0.1) is 0 Å². The molecule has 1 aromatic heterocycles. The van der Waals surface area contributed by atoms with E-state index in [1.54, 1.807) is 12.3 Å². The van der Waals surface area contributed by atoms with Gasteiger partial charge in [-0.25, -0.2) is 0 Å². The van der Waals surface area contributed by atoms with Crippen molar-refractivity contribution in [2.24, 2.45) is 0 Å². The lowest BCUT2D eigenvalue weighted by molar-refractivity contribution is 0.480. The first-order valence-electron chi connectivity index (χ1n) is 5.48. The highest BCUT2D eigenvalue weighted by Gasteiger charge is 2.06. The number of phenols is 1. The van der Waals surface area contributed by atoms with E-state index in [1.807, 2.05) is 36.4 Å². The van der Waals surface area contributed by atoms with E-state index in [9.17, 15) is 5.11 Å². The zero-order chi connectivity index (χ0) is 11.7. The van der Waals surface area contributed by atoms with Crippen LogP contribution in [0.2, 0.25) is 0 Å². The molecule has 0 aliphatic heterocycles. The van der Waals surface area contributed by atoms with Crippen molar-refractivity contribution in [2.75, 3.05) is 0 Å². The summed E-state index contributed by atoms with van der Waals surface area (Å²) in [5.74, 6) is 0.222. The molecule has 0 amide bonds. The van der Waals surface area contributed by atoms with Crippen LogP contribution in [0.4, 0.5) is 0 Å². The summed E-state index contributed by atoms with van der Waals surface area (Å²) in [6.07, 6.45) is 1.69. The molecule has 0 unspecified atom stereocenters. The molecular formula is C15H14AlNO. The second-order valence-electron chi connectivity index (χ2n) is 3.90. The molecule has 0 bridgehead atoms. The summed E-state index contributed by atoms with van der Waals surface area (Å²) in [4.78, 5) is 4.22. The van der Waals surface area contributed by atoms with Crippen LogP contribution in [0.25, 0.3) is 22.0 Å². The standard InChI is InChI=1S/C15H11NO.Al.3H/c17-14-9-8-12(11-5-2-1-3-6-11)13-7-4-10-16-15(13)14;;;;/h1-10,17H;;;;. The number of hydrogen-bond acceptors (Lipinski definition) is 2. The second kappa shape index (κ2) is 5.22. The first-order chi connectivity index (χ1) is 8.36. The van der Waals surface area contributed by atoms with E-state index in [4.69, 9.17) is 0 Å². The Bertz CT molecular complexity index is 668. The van der Waals surface area contributed by atoms with Crippen LogP contribution in [-0.2, 0) is 0 Å². The predicted octanol–water partition coefficient (Wildman–Crippen LogP) is 2.42. The quantitative estimate of drug-likeness (QED) is 0.674. The van der Waals surface area contributed by atoms with Gasteiger partial charge in [0.15, 0.2) is 17.4 Å². The molecule has 1 N–H and O–H groups in total. The van der Waals surface area contributed by atoms with Crippen LogP contribution in [0.1, 0.15) is 0 Å². The number of nitrogens with zero attached hydrogens (tertiary/aromatic N) is 1. The minimum absolute atomic E-state index is 0. The third-order valence-corrected chi connectivity index (χ3v) is 2.83. The average molecular weight is 251 g/mol. The number of benzene rings is 2. The van der Waals surface area contributed by atoms with E-state index >= 15 is 0 Å². The number of aromatic nitrogens is 1. The molecule has 3 heteroatoms. The molecule has 0 radical (unpaired) electrons. The highest BCUT2D eigenvalue weighted by molar-refractivity contribution is 5.97. The second-order valence-corrected chi connectivity index (χ2v) is 3.90. The average Bonchev–Trinajstić information content (AvgIpc) is 2.41. The number of fused-ring (bicyclic) bond motifs is 1. The fourth-order valence-electron chi connectivity index (χ4n) is 2.03. The maximum absolute atomic E-state index is 9.78. The van der Waals surface area contributed by atoms with Crippen LogP contribution in [0.5, 0.6) is 5.75 Å². The number of rotatable bonds is 1. The Hall–Kier alpha value is -1.82. The van der Waals surface area contributed by atoms with E-state index in [1.165, 1.54) is 0 Å². The molecule has 0 saturated heterocycles. The molecule has 3 aromatic rings. The van der Waals surface area contributed by atoms with Crippen LogP contribution >= 0.6 is 0 Å². The Kier molecular flexibility index (Phi) is 3.67. The highest BCUT2D eigenvalue weighted by Crippen LogP contribution is 2.32. The van der Waals surface area contributed by atoms with Crippen molar-refractivity contribution in [2.45, 2.75) is 0 Å². The van der Waals surface area contributed by atoms with Gasteiger partial charge in [-0.3, -0.25) is 4.98 Å². The fourth-order valence-corrected chi connectivity index (χ4v) is 2.03. The topological polar surface area (TPSA) is 33.1 Å². The smallest absolute Gasteiger partial charge is 0.187 e. The molecule has 1 heterocycles. The Morgan fingerprint density at radius 3 is 2.39 bits per heavy atom. The van der Waals surface area contributed by atoms with Crippen LogP contribution in [0.15, 0.2) is 60.8 Å². The Morgan fingerprint density at radius 2 is 1.61 bits per heavy atom. The minimum Gasteiger partial charge on any atom is -0.506 e. The molecule has 3 rings (SSSR count). The summed E-state index contributed by atoms with van der Waals surface area (Å²) in [7, 11) is 0. The predicted molar refractivity (Wildman–Crippen MR) is 78.8 cm³/mol. The van der Waals surface area contributed by atoms with Crippen LogP contribution < -0.4 is 0 Å². The van der Waals surface area contributed by atoms with Crippen LogP contribution in [0.3, 0.4) is 0 Å². The lowest BCUT2D eigenvalue weighted by Crippen LogP contribution is -1.84. The van der Waals surface area contributed by atoms with E-state index in [2.05, 4.69) is 17.1 Å². The van der Waals surface area contributed by atoms with Gasteiger partial charge in [0, 0.05) is 11.6 Å². The third-order valence-electron chi connectivity index (χ3n) is 2.83. The van der Waals surface area contributed by atoms with E-state index in [0.29, 0.717) is 5.52 Å². The van der Waals surface area contributed by atoms with E-state index in [-0.39, 0.29) is 23.1 Å². The summed E-state index contributed by atoms with van der Waals surface area (Å²) in [6, 6.07) is 17.6. The molecule has 0 atom stereocenters. The van der Waals surface area contributed by atoms with Gasteiger partial charge in [-0.2, -0.15) is 0 Å². The van der Waals surface area contributed by atoms with Crippen molar-refractivity contribution in [3.05, 3.63) is 60.8 Å². The molecule has 0 saturated carbocycles. The summed E-state index contributed by atoms with van der Waals surface area (Å²) in [5, 5.41) is 10.8. The number of phenolic OH excluding ortho intramolecular Hbond substituents is 1. The summed E-state index contributed by atoms with van der Waals surface area (Å²) < 4.78 is 0. The van der Waals surface area contributed by atoms with E-state index < -0.39 is 0 Å². The molecule has 0 aliphatic rings. The van der Waals surface area contributed by atoms with Gasteiger partial charge in [0.25, 0.3) is 0 Å². The molecular weight excluding hydrogens is 237 g/mol. The molecule has 0 fully saturated rings. The fraction of sp³-hybridized carbons (Fsp3) is 0. The van der Waals surface area contributed by atoms with Gasteiger partial charge in [-0.15, -0.1) is 0 Å². The zero-order valence-electron chi connectivity index (χ0n) is 9.17. The maximum atomic E-state index is 9.78. The van der Waals surface area contributed by atoms with Crippen molar-refractivity contribution in [3.63, 3.8) is 0 Å². The summed E-state index contributed by atoms with van der Waals surface area (Å²) in [6.45, 7) is 0. The largest absolute Gasteiger partial charge is 0.506 e. The highest BCUT2D eigenvalue weighted by atomic mass is 27.0. The molecule has 2 aromatic carbocycles. The van der Waals surface area contributed by atoms with Gasteiger partial charge in [-0.05, 0) is 29.3 Å². The first kappa shape index (κ1) is 12.6. The molecule has 18 heavy (non-hydrogen) atoms. The third kappa shape index (κ3) is 2.11. The number of hydrogen-bond donors (Lipinski definition) is 1. The van der Waals surface area contributed by atoms with Gasteiger partial charge >= 0.3 is 0 Å². The molecule has 0 spiro atoms. The zero-order valence-corrected chi connectivity index (χ0v) is 9.17. The van der Waals surface area contributed by atoms with Gasteiger partial charge in [-0.1, -0.05) is 36.4 Å². The normalized spacial score (nSPS) is 10.0. The van der Waals surface area contributed by atoms with Crippen LogP contribution in [-0.4, -0.2) is 27.5 Å². The SMILES string of the molecule is Oc1ccc(-c2ccccc2)c2cccnc12.[AlH3]. The molecule has 88 valence electrons. The Morgan fingerprint density at radius 1 is 0.833 bits per heavy atom. The lowest BCUT2D eigenvalue weighted by Gasteiger charge is -2.07. The first-order valence-corrected chi connectivity index (χ1v) is 5.48. The summed E-state index contributed by atoms with van der Waals surface area (Å²) >= 11 is 0.